The van der Waals surface area contributed by atoms with E-state index in [-0.39, 0.29) is 28.6 Å². The molecule has 0 radical (unpaired) electrons. The molecule has 1 saturated carbocycles. The van der Waals surface area contributed by atoms with Crippen molar-refractivity contribution in [3.8, 4) is 0 Å². The van der Waals surface area contributed by atoms with Crippen molar-refractivity contribution < 1.29 is 14.3 Å². The summed E-state index contributed by atoms with van der Waals surface area (Å²) < 4.78 is 4.90. The van der Waals surface area contributed by atoms with E-state index in [4.69, 9.17) is 10.5 Å². The van der Waals surface area contributed by atoms with Crippen molar-refractivity contribution in [1.29, 1.82) is 0 Å². The largest absolute Gasteiger partial charge is 0.467 e. The molecule has 1 aliphatic heterocycles. The van der Waals surface area contributed by atoms with Crippen molar-refractivity contribution >= 4 is 11.9 Å². The van der Waals surface area contributed by atoms with Gasteiger partial charge in [0.2, 0.25) is 5.91 Å². The fourth-order valence-corrected chi connectivity index (χ4v) is 3.45. The summed E-state index contributed by atoms with van der Waals surface area (Å²) >= 11 is 0. The van der Waals surface area contributed by atoms with Crippen molar-refractivity contribution in [2.24, 2.45) is 28.4 Å². The summed E-state index contributed by atoms with van der Waals surface area (Å²) in [5, 5.41) is 0. The van der Waals surface area contributed by atoms with Crippen LogP contribution in [0.5, 0.6) is 0 Å². The minimum Gasteiger partial charge on any atom is -0.467 e. The number of hydrogen-bond acceptors (Lipinski definition) is 4. The minimum atomic E-state index is -0.602. The van der Waals surface area contributed by atoms with Gasteiger partial charge in [0.15, 0.2) is 0 Å². The highest BCUT2D eigenvalue weighted by Crippen LogP contribution is 2.65. The maximum Gasteiger partial charge on any atom is 0.328 e. The molecule has 2 unspecified atom stereocenters. The molecule has 0 aromatic carbocycles. The van der Waals surface area contributed by atoms with Crippen LogP contribution in [0.3, 0.4) is 0 Å². The third kappa shape index (κ3) is 2.12. The molecule has 0 aromatic rings. The van der Waals surface area contributed by atoms with Crippen molar-refractivity contribution in [1.82, 2.24) is 4.90 Å². The summed E-state index contributed by atoms with van der Waals surface area (Å²) in [5.74, 6) is 0.113. The highest BCUT2D eigenvalue weighted by atomic mass is 16.5. The Hall–Kier alpha value is -1.10. The van der Waals surface area contributed by atoms with Crippen molar-refractivity contribution in [3.05, 3.63) is 0 Å². The van der Waals surface area contributed by atoms with E-state index in [0.717, 1.165) is 0 Å². The molecule has 0 spiro atoms. The van der Waals surface area contributed by atoms with Crippen LogP contribution in [0.4, 0.5) is 0 Å². The molecule has 1 aliphatic carbocycles. The molecule has 1 heterocycles. The number of fused-ring (bicyclic) bond motifs is 1. The number of likely N-dealkylation sites (tertiary alicyclic amines) is 1. The number of piperidine rings is 1. The van der Waals surface area contributed by atoms with Crippen LogP contribution in [0.1, 0.15) is 34.6 Å². The van der Waals surface area contributed by atoms with E-state index in [0.29, 0.717) is 12.5 Å². The third-order valence-corrected chi connectivity index (χ3v) is 5.13. The molecule has 20 heavy (non-hydrogen) atoms. The number of nitrogens with two attached hydrogens (primary N) is 1. The molecule has 5 nitrogen and oxygen atoms in total. The molecule has 2 aliphatic rings. The number of ether oxygens (including phenoxy) is 1. The Labute approximate surface area is 120 Å². The Morgan fingerprint density at radius 3 is 2.35 bits per heavy atom. The normalized spacial score (nSPS) is 32.5. The SMILES string of the molecule is COC(=O)[C@@H]1C2[C@H](CN1C(=O)C(N)C(C)(C)C)C2(C)C. The zero-order valence-electron chi connectivity index (χ0n) is 13.3. The fraction of sp³-hybridized carbons (Fsp3) is 0.867. The summed E-state index contributed by atoms with van der Waals surface area (Å²) in [5.41, 5.74) is 5.86. The van der Waals surface area contributed by atoms with E-state index in [2.05, 4.69) is 13.8 Å². The lowest BCUT2D eigenvalue weighted by molar-refractivity contribution is -0.154. The van der Waals surface area contributed by atoms with Gasteiger partial charge >= 0.3 is 5.97 Å². The first-order valence-electron chi connectivity index (χ1n) is 7.17. The van der Waals surface area contributed by atoms with E-state index in [1.807, 2.05) is 20.8 Å². The number of amides is 1. The van der Waals surface area contributed by atoms with Gasteiger partial charge in [0, 0.05) is 12.5 Å². The number of hydrogen-bond donors (Lipinski definition) is 1. The molecular formula is C15H26N2O3. The monoisotopic (exact) mass is 282 g/mol. The third-order valence-electron chi connectivity index (χ3n) is 5.13. The standard InChI is InChI=1S/C15H26N2O3/c1-14(2,3)11(16)12(18)17-7-8-9(15(8,4)5)10(17)13(19)20-6/h8-11H,7,16H2,1-6H3/t8-,9?,10-,11?/m0/s1. The van der Waals surface area contributed by atoms with Crippen molar-refractivity contribution in [3.63, 3.8) is 0 Å². The van der Waals surface area contributed by atoms with Crippen molar-refractivity contribution in [2.75, 3.05) is 13.7 Å². The van der Waals surface area contributed by atoms with Gasteiger partial charge in [-0.1, -0.05) is 34.6 Å². The molecule has 2 N–H and O–H groups in total. The van der Waals surface area contributed by atoms with Crippen molar-refractivity contribution in [2.45, 2.75) is 46.7 Å². The van der Waals surface area contributed by atoms with Gasteiger partial charge in [0.1, 0.15) is 6.04 Å². The summed E-state index contributed by atoms with van der Waals surface area (Å²) in [6, 6.07) is -1.07. The summed E-state index contributed by atoms with van der Waals surface area (Å²) in [6.07, 6.45) is 0. The summed E-state index contributed by atoms with van der Waals surface area (Å²) in [4.78, 5) is 26.3. The zero-order valence-corrected chi connectivity index (χ0v) is 13.3. The molecule has 0 bridgehead atoms. The van der Waals surface area contributed by atoms with Gasteiger partial charge in [0.05, 0.1) is 13.2 Å². The molecule has 2 rings (SSSR count). The average Bonchev–Trinajstić information content (AvgIpc) is 2.75. The number of rotatable bonds is 2. The number of carbonyl (C=O) groups excluding carboxylic acids is 2. The molecule has 5 heteroatoms. The molecule has 1 amide bonds. The van der Waals surface area contributed by atoms with E-state index in [9.17, 15) is 9.59 Å². The Kier molecular flexibility index (Phi) is 3.40. The second kappa shape index (κ2) is 4.45. The first kappa shape index (κ1) is 15.3. The van der Waals surface area contributed by atoms with Crippen LogP contribution in [0.2, 0.25) is 0 Å². The second-order valence-corrected chi connectivity index (χ2v) is 7.76. The van der Waals surface area contributed by atoms with Crippen LogP contribution in [-0.2, 0) is 14.3 Å². The highest BCUT2D eigenvalue weighted by Gasteiger charge is 2.70. The first-order valence-corrected chi connectivity index (χ1v) is 7.17. The lowest BCUT2D eigenvalue weighted by Crippen LogP contribution is -2.55. The summed E-state index contributed by atoms with van der Waals surface area (Å²) in [6.45, 7) is 10.7. The van der Waals surface area contributed by atoms with Crippen LogP contribution in [-0.4, -0.2) is 42.5 Å². The minimum absolute atomic E-state index is 0.113. The Morgan fingerprint density at radius 2 is 1.90 bits per heavy atom. The van der Waals surface area contributed by atoms with Crippen LogP contribution >= 0.6 is 0 Å². The van der Waals surface area contributed by atoms with E-state index in [1.165, 1.54) is 7.11 Å². The van der Waals surface area contributed by atoms with Crippen LogP contribution < -0.4 is 5.73 Å². The lowest BCUT2D eigenvalue weighted by atomic mass is 9.86. The first-order chi connectivity index (χ1) is 9.03. The van der Waals surface area contributed by atoms with E-state index < -0.39 is 12.1 Å². The molecular weight excluding hydrogens is 256 g/mol. The number of nitrogens with zero attached hydrogens (tertiary/aromatic N) is 1. The van der Waals surface area contributed by atoms with Gasteiger partial charge in [0.25, 0.3) is 0 Å². The Morgan fingerprint density at radius 1 is 1.35 bits per heavy atom. The van der Waals surface area contributed by atoms with Crippen LogP contribution in [0.15, 0.2) is 0 Å². The predicted molar refractivity (Wildman–Crippen MR) is 75.7 cm³/mol. The number of carbonyl (C=O) groups is 2. The zero-order chi connectivity index (χ0) is 15.5. The lowest BCUT2D eigenvalue weighted by Gasteiger charge is -2.35. The second-order valence-electron chi connectivity index (χ2n) is 7.76. The topological polar surface area (TPSA) is 72.6 Å². The molecule has 2 fully saturated rings. The molecule has 1 saturated heterocycles. The van der Waals surface area contributed by atoms with Gasteiger partial charge in [-0.25, -0.2) is 4.79 Å². The van der Waals surface area contributed by atoms with E-state index >= 15 is 0 Å². The summed E-state index contributed by atoms with van der Waals surface area (Å²) in [7, 11) is 1.37. The van der Waals surface area contributed by atoms with E-state index in [1.54, 1.807) is 4.90 Å². The predicted octanol–water partition coefficient (Wildman–Crippen LogP) is 1.02. The Balaban J connectivity index is 2.21. The highest BCUT2D eigenvalue weighted by molar-refractivity contribution is 5.89. The van der Waals surface area contributed by atoms with Gasteiger partial charge in [-0.2, -0.15) is 0 Å². The molecule has 114 valence electrons. The average molecular weight is 282 g/mol. The fourth-order valence-electron chi connectivity index (χ4n) is 3.45. The van der Waals surface area contributed by atoms with Crippen LogP contribution in [0.25, 0.3) is 0 Å². The van der Waals surface area contributed by atoms with Crippen LogP contribution in [0, 0.1) is 22.7 Å². The van der Waals surface area contributed by atoms with Gasteiger partial charge < -0.3 is 15.4 Å². The smallest absolute Gasteiger partial charge is 0.328 e. The quantitative estimate of drug-likeness (QED) is 0.767. The number of esters is 1. The van der Waals surface area contributed by atoms with Gasteiger partial charge in [-0.15, -0.1) is 0 Å². The Bertz CT molecular complexity index is 439. The molecule has 0 aromatic heterocycles. The maximum atomic E-state index is 12.6. The van der Waals surface area contributed by atoms with Gasteiger partial charge in [-0.3, -0.25) is 4.79 Å². The maximum absolute atomic E-state index is 12.6. The van der Waals surface area contributed by atoms with Gasteiger partial charge in [-0.05, 0) is 16.7 Å². The number of methoxy groups -OCH3 is 1. The molecule has 4 atom stereocenters.